The first kappa shape index (κ1) is 20.8. The molecule has 4 nitrogen and oxygen atoms in total. The Bertz CT molecular complexity index is 1180. The van der Waals surface area contributed by atoms with E-state index in [1.54, 1.807) is 31.5 Å². The number of hydrogen-bond donors (Lipinski definition) is 0. The molecule has 5 heteroatoms. The van der Waals surface area contributed by atoms with E-state index in [1.807, 2.05) is 49.4 Å². The average Bonchev–Trinajstić information content (AvgIpc) is 2.79. The number of aromatic nitrogens is 1. The minimum Gasteiger partial charge on any atom is -0.618 e. The highest BCUT2D eigenvalue weighted by molar-refractivity contribution is 5.95. The lowest BCUT2D eigenvalue weighted by molar-refractivity contribution is -0.577. The zero-order valence-electron chi connectivity index (χ0n) is 17.5. The van der Waals surface area contributed by atoms with Crippen LogP contribution in [0.25, 0.3) is 22.0 Å². The van der Waals surface area contributed by atoms with Gasteiger partial charge in [0.05, 0.1) is 18.1 Å². The molecule has 0 bridgehead atoms. The van der Waals surface area contributed by atoms with E-state index in [4.69, 9.17) is 9.47 Å². The summed E-state index contributed by atoms with van der Waals surface area (Å²) in [7, 11) is 1.64. The summed E-state index contributed by atoms with van der Waals surface area (Å²) in [6, 6.07) is 21.7. The third-order valence-corrected chi connectivity index (χ3v) is 5.35. The van der Waals surface area contributed by atoms with Gasteiger partial charge in [0.1, 0.15) is 18.2 Å². The number of rotatable bonds is 7. The molecule has 0 amide bonds. The molecular weight excluding hydrogens is 393 g/mol. The van der Waals surface area contributed by atoms with Crippen molar-refractivity contribution in [1.82, 2.24) is 0 Å². The monoisotopic (exact) mass is 417 g/mol. The molecule has 0 N–H and O–H groups in total. The molecule has 1 heterocycles. The summed E-state index contributed by atoms with van der Waals surface area (Å²) in [6.07, 6.45) is 1.59. The Morgan fingerprint density at radius 3 is 2.45 bits per heavy atom. The van der Waals surface area contributed by atoms with Gasteiger partial charge in [-0.1, -0.05) is 49.4 Å². The van der Waals surface area contributed by atoms with Crippen LogP contribution in [-0.2, 0) is 11.3 Å². The Labute approximate surface area is 181 Å². The Balaban J connectivity index is 1.80. The number of halogens is 1. The molecule has 4 aromatic rings. The summed E-state index contributed by atoms with van der Waals surface area (Å²) in [4.78, 5) is 0. The van der Waals surface area contributed by atoms with Crippen LogP contribution in [0.4, 0.5) is 4.39 Å². The molecule has 1 unspecified atom stereocenters. The van der Waals surface area contributed by atoms with Crippen molar-refractivity contribution in [2.24, 2.45) is 0 Å². The van der Waals surface area contributed by atoms with Gasteiger partial charge in [-0.15, -0.1) is 0 Å². The van der Waals surface area contributed by atoms with Crippen molar-refractivity contribution in [3.8, 4) is 16.9 Å². The van der Waals surface area contributed by atoms with E-state index >= 15 is 0 Å². The summed E-state index contributed by atoms with van der Waals surface area (Å²) < 4.78 is 25.7. The summed E-state index contributed by atoms with van der Waals surface area (Å²) in [5.74, 6) is 0.304. The molecule has 0 radical (unpaired) electrons. The number of ether oxygens (including phenoxy) is 2. The number of fused-ring (bicyclic) bond motifs is 1. The fourth-order valence-electron chi connectivity index (χ4n) is 3.80. The van der Waals surface area contributed by atoms with Gasteiger partial charge in [0.25, 0.3) is 0 Å². The van der Waals surface area contributed by atoms with Crippen molar-refractivity contribution >= 4 is 10.9 Å². The van der Waals surface area contributed by atoms with E-state index in [-0.39, 0.29) is 11.7 Å². The van der Waals surface area contributed by atoms with Gasteiger partial charge in [-0.25, -0.2) is 4.39 Å². The van der Waals surface area contributed by atoms with Gasteiger partial charge >= 0.3 is 0 Å². The van der Waals surface area contributed by atoms with Crippen LogP contribution < -0.4 is 9.47 Å². The van der Waals surface area contributed by atoms with E-state index < -0.39 is 0 Å². The standard InChI is InChI=1S/C26H24FNO3/c1-18(16-30-2)24-15-28(29)25-14-22(31-17-19-6-4-3-5-7-19)12-13-23(25)26(24)20-8-10-21(27)11-9-20/h3-15,18H,16-17H2,1-2H3. The minimum absolute atomic E-state index is 0.0105. The normalized spacial score (nSPS) is 12.1. The van der Waals surface area contributed by atoms with Crippen LogP contribution in [0.5, 0.6) is 5.75 Å². The van der Waals surface area contributed by atoms with E-state index in [9.17, 15) is 9.60 Å². The van der Waals surface area contributed by atoms with Crippen molar-refractivity contribution in [3.05, 3.63) is 101 Å². The molecule has 3 aromatic carbocycles. The van der Waals surface area contributed by atoms with E-state index in [2.05, 4.69) is 0 Å². The molecule has 31 heavy (non-hydrogen) atoms. The maximum Gasteiger partial charge on any atom is 0.228 e. The average molecular weight is 417 g/mol. The molecule has 0 saturated heterocycles. The Morgan fingerprint density at radius 1 is 1.00 bits per heavy atom. The Morgan fingerprint density at radius 2 is 1.74 bits per heavy atom. The highest BCUT2D eigenvalue weighted by Gasteiger charge is 2.22. The highest BCUT2D eigenvalue weighted by atomic mass is 19.1. The van der Waals surface area contributed by atoms with Gasteiger partial charge < -0.3 is 14.7 Å². The number of methoxy groups -OCH3 is 1. The molecule has 0 aliphatic carbocycles. The lowest BCUT2D eigenvalue weighted by atomic mass is 9.90. The first-order valence-corrected chi connectivity index (χ1v) is 10.2. The predicted octanol–water partition coefficient (Wildman–Crippen LogP) is 5.61. The topological polar surface area (TPSA) is 45.4 Å². The molecule has 158 valence electrons. The number of nitrogens with zero attached hydrogens (tertiary/aromatic N) is 1. The fourth-order valence-corrected chi connectivity index (χ4v) is 3.80. The summed E-state index contributed by atoms with van der Waals surface area (Å²) in [6.45, 7) is 2.89. The first-order chi connectivity index (χ1) is 15.1. The second kappa shape index (κ2) is 9.14. The molecule has 0 aliphatic heterocycles. The Kier molecular flexibility index (Phi) is 6.14. The SMILES string of the molecule is COCC(C)c1c[n+]([O-])c2cc(OCc3ccccc3)ccc2c1-c1ccc(F)cc1. The summed E-state index contributed by atoms with van der Waals surface area (Å²) in [5.41, 5.74) is 4.16. The fraction of sp³-hybridized carbons (Fsp3) is 0.192. The van der Waals surface area contributed by atoms with Crippen molar-refractivity contribution < 1.29 is 18.6 Å². The van der Waals surface area contributed by atoms with Crippen LogP contribution in [0.1, 0.15) is 24.0 Å². The lowest BCUT2D eigenvalue weighted by Gasteiger charge is -2.18. The molecule has 1 aromatic heterocycles. The van der Waals surface area contributed by atoms with Gasteiger partial charge in [0, 0.05) is 24.2 Å². The van der Waals surface area contributed by atoms with Crippen molar-refractivity contribution in [2.75, 3.05) is 13.7 Å². The quantitative estimate of drug-likeness (QED) is 0.290. The lowest BCUT2D eigenvalue weighted by Crippen LogP contribution is -2.28. The van der Waals surface area contributed by atoms with Crippen molar-refractivity contribution in [3.63, 3.8) is 0 Å². The number of hydrogen-bond acceptors (Lipinski definition) is 3. The van der Waals surface area contributed by atoms with Gasteiger partial charge in [0.2, 0.25) is 5.52 Å². The predicted molar refractivity (Wildman–Crippen MR) is 119 cm³/mol. The van der Waals surface area contributed by atoms with E-state index in [1.165, 1.54) is 12.1 Å². The molecule has 0 fully saturated rings. The van der Waals surface area contributed by atoms with Gasteiger partial charge in [-0.05, 0) is 35.4 Å². The zero-order chi connectivity index (χ0) is 21.8. The van der Waals surface area contributed by atoms with Gasteiger partial charge in [0.15, 0.2) is 6.20 Å². The van der Waals surface area contributed by atoms with Crippen LogP contribution >= 0.6 is 0 Å². The first-order valence-electron chi connectivity index (χ1n) is 10.2. The molecule has 4 rings (SSSR count). The van der Waals surface area contributed by atoms with E-state index in [0.29, 0.717) is 24.5 Å². The molecule has 0 saturated carbocycles. The second-order valence-corrected chi connectivity index (χ2v) is 7.60. The summed E-state index contributed by atoms with van der Waals surface area (Å²) >= 11 is 0. The van der Waals surface area contributed by atoms with E-state index in [0.717, 1.165) is 32.4 Å². The maximum absolute atomic E-state index is 13.5. The third-order valence-electron chi connectivity index (χ3n) is 5.35. The second-order valence-electron chi connectivity index (χ2n) is 7.60. The number of pyridine rings is 1. The Hall–Kier alpha value is -3.44. The van der Waals surface area contributed by atoms with Crippen LogP contribution in [0, 0.1) is 11.0 Å². The maximum atomic E-state index is 13.5. The van der Waals surface area contributed by atoms with Crippen molar-refractivity contribution in [1.29, 1.82) is 0 Å². The highest BCUT2D eigenvalue weighted by Crippen LogP contribution is 2.36. The van der Waals surface area contributed by atoms with Crippen LogP contribution in [0.15, 0.2) is 79.0 Å². The van der Waals surface area contributed by atoms with Crippen LogP contribution in [0.2, 0.25) is 0 Å². The number of benzene rings is 3. The molecular formula is C26H24FNO3. The molecule has 0 spiro atoms. The van der Waals surface area contributed by atoms with Crippen LogP contribution in [-0.4, -0.2) is 13.7 Å². The summed E-state index contributed by atoms with van der Waals surface area (Å²) in [5, 5.41) is 13.7. The zero-order valence-corrected chi connectivity index (χ0v) is 17.5. The van der Waals surface area contributed by atoms with Crippen LogP contribution in [0.3, 0.4) is 0 Å². The molecule has 1 atom stereocenters. The third kappa shape index (κ3) is 4.52. The molecule has 0 aliphatic rings. The van der Waals surface area contributed by atoms with Gasteiger partial charge in [-0.2, -0.15) is 4.73 Å². The van der Waals surface area contributed by atoms with Gasteiger partial charge in [-0.3, -0.25) is 0 Å². The van der Waals surface area contributed by atoms with Crippen molar-refractivity contribution in [2.45, 2.75) is 19.4 Å². The minimum atomic E-state index is -0.300. The smallest absolute Gasteiger partial charge is 0.228 e. The largest absolute Gasteiger partial charge is 0.618 e.